The summed E-state index contributed by atoms with van der Waals surface area (Å²) >= 11 is 0. The Morgan fingerprint density at radius 2 is 1.94 bits per heavy atom. The van der Waals surface area contributed by atoms with E-state index < -0.39 is 0 Å². The van der Waals surface area contributed by atoms with Crippen molar-refractivity contribution in [2.45, 2.75) is 71.8 Å². The number of carbonyl (C=O) groups is 1. The molecule has 0 aromatic heterocycles. The van der Waals surface area contributed by atoms with Crippen molar-refractivity contribution in [1.82, 2.24) is 4.90 Å². The van der Waals surface area contributed by atoms with Crippen molar-refractivity contribution in [2.75, 3.05) is 6.54 Å². The molecule has 1 saturated carbocycles. The zero-order valence-electron chi connectivity index (χ0n) is 11.2. The van der Waals surface area contributed by atoms with E-state index in [4.69, 9.17) is 0 Å². The van der Waals surface area contributed by atoms with Crippen LogP contribution >= 0.6 is 0 Å². The molecule has 1 aliphatic rings. The second-order valence-corrected chi connectivity index (χ2v) is 5.46. The second kappa shape index (κ2) is 6.93. The molecule has 0 bridgehead atoms. The monoisotopic (exact) mass is 225 g/mol. The number of carbonyl (C=O) groups excluding carboxylic acids is 1. The van der Waals surface area contributed by atoms with Crippen LogP contribution in [0.3, 0.4) is 0 Å². The molecule has 16 heavy (non-hydrogen) atoms. The molecule has 0 saturated heterocycles. The molecule has 0 spiro atoms. The summed E-state index contributed by atoms with van der Waals surface area (Å²) in [6, 6.07) is 0.554. The molecule has 94 valence electrons. The van der Waals surface area contributed by atoms with Gasteiger partial charge in [-0.05, 0) is 31.6 Å². The maximum absolute atomic E-state index is 12.1. The number of nitrogens with zero attached hydrogens (tertiary/aromatic N) is 1. The zero-order chi connectivity index (χ0) is 12.0. The Kier molecular flexibility index (Phi) is 5.86. The maximum Gasteiger partial charge on any atom is 0.222 e. The third-order valence-corrected chi connectivity index (χ3v) is 3.50. The molecule has 1 fully saturated rings. The minimum Gasteiger partial charge on any atom is -0.340 e. The van der Waals surface area contributed by atoms with Crippen molar-refractivity contribution in [3.63, 3.8) is 0 Å². The molecule has 1 aliphatic carbocycles. The summed E-state index contributed by atoms with van der Waals surface area (Å²) < 4.78 is 0. The van der Waals surface area contributed by atoms with Crippen molar-refractivity contribution in [3.05, 3.63) is 0 Å². The minimum atomic E-state index is 0.384. The van der Waals surface area contributed by atoms with Gasteiger partial charge < -0.3 is 4.90 Å². The molecular formula is C14H27NO. The Bertz CT molecular complexity index is 207. The van der Waals surface area contributed by atoms with Gasteiger partial charge in [-0.3, -0.25) is 4.79 Å². The van der Waals surface area contributed by atoms with Crippen molar-refractivity contribution >= 4 is 5.91 Å². The van der Waals surface area contributed by atoms with Crippen molar-refractivity contribution in [1.29, 1.82) is 0 Å². The molecule has 2 heteroatoms. The Morgan fingerprint density at radius 3 is 2.44 bits per heavy atom. The van der Waals surface area contributed by atoms with E-state index in [2.05, 4.69) is 25.7 Å². The molecule has 0 radical (unpaired) electrons. The van der Waals surface area contributed by atoms with Crippen LogP contribution < -0.4 is 0 Å². The highest BCUT2D eigenvalue weighted by Crippen LogP contribution is 2.24. The van der Waals surface area contributed by atoms with E-state index in [1.807, 2.05) is 0 Å². The van der Waals surface area contributed by atoms with Gasteiger partial charge in [0.05, 0.1) is 0 Å². The summed E-state index contributed by atoms with van der Waals surface area (Å²) in [5, 5.41) is 0. The summed E-state index contributed by atoms with van der Waals surface area (Å²) in [6.45, 7) is 7.53. The van der Waals surface area contributed by atoms with Crippen molar-refractivity contribution in [2.24, 2.45) is 5.92 Å². The summed E-state index contributed by atoms with van der Waals surface area (Å²) in [5.41, 5.74) is 0. The van der Waals surface area contributed by atoms with Crippen LogP contribution in [0.15, 0.2) is 0 Å². The van der Waals surface area contributed by atoms with Crippen LogP contribution in [0.4, 0.5) is 0 Å². The van der Waals surface area contributed by atoms with Crippen molar-refractivity contribution in [3.8, 4) is 0 Å². The normalized spacial score (nSPS) is 17.0. The van der Waals surface area contributed by atoms with E-state index in [9.17, 15) is 4.79 Å². The van der Waals surface area contributed by atoms with Gasteiger partial charge in [0, 0.05) is 19.0 Å². The summed E-state index contributed by atoms with van der Waals surface area (Å²) in [6.07, 6.45) is 7.93. The predicted molar refractivity (Wildman–Crippen MR) is 68.3 cm³/mol. The van der Waals surface area contributed by atoms with Crippen LogP contribution in [0, 0.1) is 5.92 Å². The molecule has 0 aromatic rings. The highest BCUT2D eigenvalue weighted by molar-refractivity contribution is 5.76. The van der Waals surface area contributed by atoms with Gasteiger partial charge in [0.1, 0.15) is 0 Å². The molecule has 0 aliphatic heterocycles. The zero-order valence-corrected chi connectivity index (χ0v) is 11.2. The van der Waals surface area contributed by atoms with Gasteiger partial charge >= 0.3 is 0 Å². The molecular weight excluding hydrogens is 198 g/mol. The Balaban J connectivity index is 2.49. The molecule has 2 nitrogen and oxygen atoms in total. The number of rotatable bonds is 6. The van der Waals surface area contributed by atoms with Crippen LogP contribution in [-0.2, 0) is 4.79 Å². The van der Waals surface area contributed by atoms with Gasteiger partial charge in [-0.25, -0.2) is 0 Å². The van der Waals surface area contributed by atoms with Crippen LogP contribution in [0.2, 0.25) is 0 Å². The van der Waals surface area contributed by atoms with E-state index >= 15 is 0 Å². The van der Waals surface area contributed by atoms with Gasteiger partial charge in [0.15, 0.2) is 0 Å². The topological polar surface area (TPSA) is 20.3 Å². The van der Waals surface area contributed by atoms with Crippen LogP contribution in [0.1, 0.15) is 65.7 Å². The van der Waals surface area contributed by atoms with Crippen LogP contribution in [0.25, 0.3) is 0 Å². The van der Waals surface area contributed by atoms with Gasteiger partial charge in [0.25, 0.3) is 0 Å². The Morgan fingerprint density at radius 1 is 1.31 bits per heavy atom. The lowest BCUT2D eigenvalue weighted by Crippen LogP contribution is -2.39. The van der Waals surface area contributed by atoms with E-state index in [0.717, 1.165) is 25.8 Å². The highest BCUT2D eigenvalue weighted by atomic mass is 16.2. The molecule has 0 atom stereocenters. The molecule has 1 amide bonds. The lowest BCUT2D eigenvalue weighted by atomic mass is 10.1. The van der Waals surface area contributed by atoms with Gasteiger partial charge in [-0.1, -0.05) is 33.6 Å². The summed E-state index contributed by atoms with van der Waals surface area (Å²) in [5.74, 6) is 1.08. The third-order valence-electron chi connectivity index (χ3n) is 3.50. The Labute approximate surface area is 100 Å². The molecule has 0 heterocycles. The summed E-state index contributed by atoms with van der Waals surface area (Å²) in [7, 11) is 0. The minimum absolute atomic E-state index is 0.384. The maximum atomic E-state index is 12.1. The lowest BCUT2D eigenvalue weighted by molar-refractivity contribution is -0.133. The van der Waals surface area contributed by atoms with E-state index in [-0.39, 0.29) is 0 Å². The fourth-order valence-electron chi connectivity index (χ4n) is 2.48. The van der Waals surface area contributed by atoms with E-state index in [1.165, 1.54) is 25.7 Å². The van der Waals surface area contributed by atoms with Crippen molar-refractivity contribution < 1.29 is 4.79 Å². The quantitative estimate of drug-likeness (QED) is 0.676. The Hall–Kier alpha value is -0.530. The second-order valence-electron chi connectivity index (χ2n) is 5.46. The fourth-order valence-corrected chi connectivity index (χ4v) is 2.48. The highest BCUT2D eigenvalue weighted by Gasteiger charge is 2.25. The average Bonchev–Trinajstić information content (AvgIpc) is 2.71. The smallest absolute Gasteiger partial charge is 0.222 e. The molecule has 1 rings (SSSR count). The first kappa shape index (κ1) is 13.5. The number of hydrogen-bond acceptors (Lipinski definition) is 1. The van der Waals surface area contributed by atoms with Gasteiger partial charge in [-0.2, -0.15) is 0 Å². The average molecular weight is 225 g/mol. The lowest BCUT2D eigenvalue weighted by Gasteiger charge is -2.29. The summed E-state index contributed by atoms with van der Waals surface area (Å²) in [4.78, 5) is 14.2. The molecule has 0 N–H and O–H groups in total. The first-order valence-corrected chi connectivity index (χ1v) is 6.94. The third kappa shape index (κ3) is 4.15. The standard InChI is InChI=1S/C14H27NO/c1-4-7-14(16)15(11-10-12(2)3)13-8-5-6-9-13/h12-13H,4-11H2,1-3H3. The van der Waals surface area contributed by atoms with Gasteiger partial charge in [0.2, 0.25) is 5.91 Å². The molecule has 0 aromatic carbocycles. The van der Waals surface area contributed by atoms with Crippen LogP contribution in [-0.4, -0.2) is 23.4 Å². The fraction of sp³-hybridized carbons (Fsp3) is 0.929. The predicted octanol–water partition coefficient (Wildman–Crippen LogP) is 3.60. The van der Waals surface area contributed by atoms with Crippen LogP contribution in [0.5, 0.6) is 0 Å². The first-order valence-electron chi connectivity index (χ1n) is 6.94. The number of amides is 1. The van der Waals surface area contributed by atoms with Gasteiger partial charge in [-0.15, -0.1) is 0 Å². The number of hydrogen-bond donors (Lipinski definition) is 0. The largest absolute Gasteiger partial charge is 0.340 e. The SMILES string of the molecule is CCCC(=O)N(CCC(C)C)C1CCCC1. The molecule has 0 unspecified atom stereocenters. The van der Waals surface area contributed by atoms with E-state index in [0.29, 0.717) is 17.9 Å². The first-order chi connectivity index (χ1) is 7.65. The van der Waals surface area contributed by atoms with E-state index in [1.54, 1.807) is 0 Å².